The van der Waals surface area contributed by atoms with E-state index in [-0.39, 0.29) is 5.91 Å². The molecule has 2 N–H and O–H groups in total. The fourth-order valence-electron chi connectivity index (χ4n) is 3.72. The highest BCUT2D eigenvalue weighted by Crippen LogP contribution is 2.28. The van der Waals surface area contributed by atoms with Gasteiger partial charge in [0.1, 0.15) is 5.75 Å². The van der Waals surface area contributed by atoms with Crippen molar-refractivity contribution in [2.45, 2.75) is 33.1 Å². The zero-order valence-electron chi connectivity index (χ0n) is 18.6. The molecule has 1 amide bonds. The van der Waals surface area contributed by atoms with Crippen LogP contribution in [0.25, 0.3) is 10.9 Å². The summed E-state index contributed by atoms with van der Waals surface area (Å²) in [5.41, 5.74) is 4.05. The molecular formula is C25H30N2O4. The summed E-state index contributed by atoms with van der Waals surface area (Å²) in [6.07, 6.45) is 4.65. The van der Waals surface area contributed by atoms with Crippen molar-refractivity contribution in [3.63, 3.8) is 0 Å². The van der Waals surface area contributed by atoms with Crippen LogP contribution in [-0.4, -0.2) is 37.6 Å². The maximum absolute atomic E-state index is 12.7. The first-order chi connectivity index (χ1) is 15.0. The summed E-state index contributed by atoms with van der Waals surface area (Å²) in [7, 11) is 2.93. The normalized spacial score (nSPS) is 11.0. The number of fused-ring (bicyclic) bond motifs is 1. The molecule has 0 aliphatic heterocycles. The summed E-state index contributed by atoms with van der Waals surface area (Å²) in [5.74, 6) is 0.661. The summed E-state index contributed by atoms with van der Waals surface area (Å²) >= 11 is 0. The van der Waals surface area contributed by atoms with Gasteiger partial charge in [-0.25, -0.2) is 4.79 Å². The number of amides is 1. The molecule has 0 aliphatic rings. The molecule has 0 atom stereocenters. The number of carbonyl (C=O) groups excluding carboxylic acids is 2. The van der Waals surface area contributed by atoms with Gasteiger partial charge in [-0.05, 0) is 47.4 Å². The number of aromatic amines is 1. The predicted octanol–water partition coefficient (Wildman–Crippen LogP) is 4.72. The number of H-pyrrole nitrogens is 1. The van der Waals surface area contributed by atoms with Crippen LogP contribution >= 0.6 is 0 Å². The fourth-order valence-corrected chi connectivity index (χ4v) is 3.72. The maximum Gasteiger partial charge on any atom is 0.337 e. The molecule has 3 aromatic rings. The van der Waals surface area contributed by atoms with Crippen molar-refractivity contribution < 1.29 is 19.1 Å². The number of hydrogen-bond donors (Lipinski definition) is 2. The number of hydrogen-bond acceptors (Lipinski definition) is 4. The molecule has 31 heavy (non-hydrogen) atoms. The van der Waals surface area contributed by atoms with Crippen LogP contribution in [0, 0.1) is 5.92 Å². The minimum absolute atomic E-state index is 0.0547. The SMILES string of the molecule is CCC(CC)CNC(=O)c1ccc2[nH]cc(Cc3ccc(C(=O)OC)cc3OC)c2c1. The third-order valence-corrected chi connectivity index (χ3v) is 5.82. The van der Waals surface area contributed by atoms with Gasteiger partial charge in [-0.3, -0.25) is 4.79 Å². The van der Waals surface area contributed by atoms with E-state index in [2.05, 4.69) is 24.1 Å². The van der Waals surface area contributed by atoms with Crippen LogP contribution in [0.1, 0.15) is 58.5 Å². The number of esters is 1. The zero-order chi connectivity index (χ0) is 22.4. The van der Waals surface area contributed by atoms with E-state index in [0.717, 1.165) is 34.9 Å². The van der Waals surface area contributed by atoms with Crippen molar-refractivity contribution in [2.24, 2.45) is 5.92 Å². The van der Waals surface area contributed by atoms with Gasteiger partial charge in [0.2, 0.25) is 0 Å². The quantitative estimate of drug-likeness (QED) is 0.489. The van der Waals surface area contributed by atoms with Gasteiger partial charge in [-0.2, -0.15) is 0 Å². The number of aromatic nitrogens is 1. The van der Waals surface area contributed by atoms with Gasteiger partial charge in [0.25, 0.3) is 5.91 Å². The van der Waals surface area contributed by atoms with E-state index in [1.165, 1.54) is 7.11 Å². The molecule has 6 nitrogen and oxygen atoms in total. The molecule has 0 saturated carbocycles. The molecule has 2 aromatic carbocycles. The summed E-state index contributed by atoms with van der Waals surface area (Å²) < 4.78 is 10.3. The first kappa shape index (κ1) is 22.4. The molecular weight excluding hydrogens is 392 g/mol. The highest BCUT2D eigenvalue weighted by Gasteiger charge is 2.15. The van der Waals surface area contributed by atoms with E-state index in [1.54, 1.807) is 19.2 Å². The number of carbonyl (C=O) groups is 2. The first-order valence-corrected chi connectivity index (χ1v) is 10.6. The van der Waals surface area contributed by atoms with Gasteiger partial charge in [-0.1, -0.05) is 32.8 Å². The predicted molar refractivity (Wildman–Crippen MR) is 122 cm³/mol. The van der Waals surface area contributed by atoms with Crippen LogP contribution in [0.15, 0.2) is 42.6 Å². The van der Waals surface area contributed by atoms with Crippen LogP contribution in [0.2, 0.25) is 0 Å². The summed E-state index contributed by atoms with van der Waals surface area (Å²) in [6.45, 7) is 4.97. The number of rotatable bonds is 9. The van der Waals surface area contributed by atoms with Gasteiger partial charge in [0.15, 0.2) is 0 Å². The Labute approximate surface area is 182 Å². The van der Waals surface area contributed by atoms with Gasteiger partial charge in [0, 0.05) is 35.6 Å². The van der Waals surface area contributed by atoms with Gasteiger partial charge in [-0.15, -0.1) is 0 Å². The molecule has 3 rings (SSSR count). The Hall–Kier alpha value is -3.28. The molecule has 6 heteroatoms. The lowest BCUT2D eigenvalue weighted by Crippen LogP contribution is -2.28. The Kier molecular flexibility index (Phi) is 7.34. The Bertz CT molecular complexity index is 1070. The van der Waals surface area contributed by atoms with E-state index in [4.69, 9.17) is 9.47 Å². The van der Waals surface area contributed by atoms with Gasteiger partial charge < -0.3 is 19.8 Å². The number of nitrogens with one attached hydrogen (secondary N) is 2. The van der Waals surface area contributed by atoms with Crippen molar-refractivity contribution in [2.75, 3.05) is 20.8 Å². The lowest BCUT2D eigenvalue weighted by Gasteiger charge is -2.13. The van der Waals surface area contributed by atoms with E-state index < -0.39 is 5.97 Å². The van der Waals surface area contributed by atoms with E-state index in [1.807, 2.05) is 30.5 Å². The van der Waals surface area contributed by atoms with Crippen LogP contribution in [0.4, 0.5) is 0 Å². The van der Waals surface area contributed by atoms with E-state index in [9.17, 15) is 9.59 Å². The molecule has 0 unspecified atom stereocenters. The van der Waals surface area contributed by atoms with E-state index >= 15 is 0 Å². The Morgan fingerprint density at radius 1 is 1.00 bits per heavy atom. The summed E-state index contributed by atoms with van der Waals surface area (Å²) in [4.78, 5) is 27.7. The van der Waals surface area contributed by atoms with Gasteiger partial charge in [0.05, 0.1) is 19.8 Å². The number of ether oxygens (including phenoxy) is 2. The lowest BCUT2D eigenvalue weighted by atomic mass is 10.0. The molecule has 0 bridgehead atoms. The largest absolute Gasteiger partial charge is 0.496 e. The van der Waals surface area contributed by atoms with E-state index in [0.29, 0.717) is 35.8 Å². The fraction of sp³-hybridized carbons (Fsp3) is 0.360. The number of benzene rings is 2. The molecule has 1 aromatic heterocycles. The average molecular weight is 423 g/mol. The van der Waals surface area contributed by atoms with Crippen molar-refractivity contribution in [1.82, 2.24) is 10.3 Å². The third-order valence-electron chi connectivity index (χ3n) is 5.82. The van der Waals surface area contributed by atoms with Crippen molar-refractivity contribution in [3.8, 4) is 5.75 Å². The first-order valence-electron chi connectivity index (χ1n) is 10.6. The smallest absolute Gasteiger partial charge is 0.337 e. The minimum Gasteiger partial charge on any atom is -0.496 e. The molecule has 1 heterocycles. The Morgan fingerprint density at radius 3 is 2.42 bits per heavy atom. The standard InChI is InChI=1S/C25H30N2O4/c1-5-16(6-2)14-27-24(28)18-9-10-22-21(12-18)20(15-26-22)11-17-7-8-19(25(29)31-4)13-23(17)30-3/h7-10,12-13,15-16,26H,5-6,11,14H2,1-4H3,(H,27,28). The van der Waals surface area contributed by atoms with Crippen molar-refractivity contribution >= 4 is 22.8 Å². The van der Waals surface area contributed by atoms with Crippen molar-refractivity contribution in [1.29, 1.82) is 0 Å². The molecule has 0 spiro atoms. The third kappa shape index (κ3) is 5.08. The molecule has 0 fully saturated rings. The second-order valence-electron chi connectivity index (χ2n) is 7.66. The lowest BCUT2D eigenvalue weighted by molar-refractivity contribution is 0.0600. The van der Waals surface area contributed by atoms with Crippen molar-refractivity contribution in [3.05, 3.63) is 64.8 Å². The zero-order valence-corrected chi connectivity index (χ0v) is 18.6. The van der Waals surface area contributed by atoms with Crippen LogP contribution in [-0.2, 0) is 11.2 Å². The molecule has 0 radical (unpaired) electrons. The molecule has 0 aliphatic carbocycles. The van der Waals surface area contributed by atoms with Crippen LogP contribution in [0.5, 0.6) is 5.75 Å². The molecule has 0 saturated heterocycles. The second-order valence-corrected chi connectivity index (χ2v) is 7.66. The highest BCUT2D eigenvalue weighted by molar-refractivity contribution is 5.99. The number of methoxy groups -OCH3 is 2. The molecule has 164 valence electrons. The summed E-state index contributed by atoms with van der Waals surface area (Å²) in [5, 5.41) is 4.05. The minimum atomic E-state index is -0.402. The average Bonchev–Trinajstić information content (AvgIpc) is 3.21. The van der Waals surface area contributed by atoms with Crippen LogP contribution in [0.3, 0.4) is 0 Å². The topological polar surface area (TPSA) is 80.4 Å². The Balaban J connectivity index is 1.84. The maximum atomic E-state index is 12.7. The Morgan fingerprint density at radius 2 is 1.74 bits per heavy atom. The highest BCUT2D eigenvalue weighted by atomic mass is 16.5. The van der Waals surface area contributed by atoms with Gasteiger partial charge >= 0.3 is 5.97 Å². The van der Waals surface area contributed by atoms with Crippen LogP contribution < -0.4 is 10.1 Å². The second kappa shape index (κ2) is 10.2. The summed E-state index contributed by atoms with van der Waals surface area (Å²) in [6, 6.07) is 11.0. The monoisotopic (exact) mass is 422 g/mol.